The van der Waals surface area contributed by atoms with Crippen molar-refractivity contribution in [2.45, 2.75) is 50.5 Å². The van der Waals surface area contributed by atoms with Gasteiger partial charge in [0, 0.05) is 32.3 Å². The Labute approximate surface area is 234 Å². The summed E-state index contributed by atoms with van der Waals surface area (Å²) < 4.78 is 1.28. The Morgan fingerprint density at radius 1 is 0.763 bits per heavy atom. The van der Waals surface area contributed by atoms with E-state index in [0.29, 0.717) is 0 Å². The molecule has 190 valence electrons. The zero-order chi connectivity index (χ0) is 25.9. The van der Waals surface area contributed by atoms with E-state index >= 15 is 0 Å². The molecule has 5 aromatic rings. The number of para-hydroxylation sites is 2. The molecule has 0 bridgehead atoms. The summed E-state index contributed by atoms with van der Waals surface area (Å²) in [5.74, 6) is 0. The summed E-state index contributed by atoms with van der Waals surface area (Å²) in [4.78, 5) is 4.92. The number of fused-ring (bicyclic) bond motifs is 4. The standard InChI is InChI=1S/C34H31ClN2S/c1-33-21-11-12-22-34(33,2)37(25-15-7-4-8-16-25)32-27(33)19-20-28(31(32)35)36(24-13-5-3-6-14-24)29-23-38-30-18-10-9-17-26(29)30/h3-10,13-20,23H,11-12,21-22H2,1-2H3. The number of hydrogen-bond acceptors (Lipinski definition) is 3. The van der Waals surface area contributed by atoms with Crippen LogP contribution in [0, 0.1) is 0 Å². The van der Waals surface area contributed by atoms with Gasteiger partial charge >= 0.3 is 0 Å². The Balaban J connectivity index is 1.50. The molecule has 2 nitrogen and oxygen atoms in total. The third-order valence-electron chi connectivity index (χ3n) is 9.16. The molecule has 1 fully saturated rings. The lowest BCUT2D eigenvalue weighted by Crippen LogP contribution is -2.54. The lowest BCUT2D eigenvalue weighted by atomic mass is 9.61. The summed E-state index contributed by atoms with van der Waals surface area (Å²) in [5.41, 5.74) is 7.05. The second kappa shape index (κ2) is 8.90. The molecular formula is C34H31ClN2S. The van der Waals surface area contributed by atoms with Crippen molar-refractivity contribution < 1.29 is 0 Å². The number of anilines is 5. The van der Waals surface area contributed by atoms with Crippen LogP contribution < -0.4 is 9.80 Å². The fourth-order valence-electron chi connectivity index (χ4n) is 7.03. The average Bonchev–Trinajstić information content (AvgIpc) is 3.46. The van der Waals surface area contributed by atoms with Crippen LogP contribution in [-0.4, -0.2) is 5.54 Å². The number of hydrogen-bond donors (Lipinski definition) is 0. The third-order valence-corrected chi connectivity index (χ3v) is 10.5. The summed E-state index contributed by atoms with van der Waals surface area (Å²) in [6.45, 7) is 4.92. The van der Waals surface area contributed by atoms with Crippen molar-refractivity contribution in [3.63, 3.8) is 0 Å². The molecule has 0 spiro atoms. The van der Waals surface area contributed by atoms with Gasteiger partial charge in [-0.3, -0.25) is 0 Å². The molecule has 0 amide bonds. The Bertz CT molecular complexity index is 1630. The molecule has 38 heavy (non-hydrogen) atoms. The molecule has 2 aliphatic rings. The maximum Gasteiger partial charge on any atom is 0.0886 e. The van der Waals surface area contributed by atoms with Gasteiger partial charge in [0.25, 0.3) is 0 Å². The maximum atomic E-state index is 7.62. The zero-order valence-electron chi connectivity index (χ0n) is 21.8. The van der Waals surface area contributed by atoms with Crippen LogP contribution in [0.3, 0.4) is 0 Å². The van der Waals surface area contributed by atoms with Crippen LogP contribution in [0.1, 0.15) is 45.1 Å². The highest BCUT2D eigenvalue weighted by Crippen LogP contribution is 2.64. The molecular weight excluding hydrogens is 504 g/mol. The van der Waals surface area contributed by atoms with Gasteiger partial charge < -0.3 is 9.80 Å². The lowest BCUT2D eigenvalue weighted by Gasteiger charge is -2.50. The van der Waals surface area contributed by atoms with Gasteiger partial charge in [-0.25, -0.2) is 0 Å². The van der Waals surface area contributed by atoms with Crippen molar-refractivity contribution in [3.8, 4) is 0 Å². The number of rotatable bonds is 4. The molecule has 4 aromatic carbocycles. The van der Waals surface area contributed by atoms with Crippen molar-refractivity contribution in [1.82, 2.24) is 0 Å². The van der Waals surface area contributed by atoms with Gasteiger partial charge in [0.05, 0.1) is 27.6 Å². The minimum atomic E-state index is -0.0378. The smallest absolute Gasteiger partial charge is 0.0886 e. The number of halogens is 1. The Hall–Kier alpha value is -3.27. The first-order valence-corrected chi connectivity index (χ1v) is 14.8. The highest BCUT2D eigenvalue weighted by Gasteiger charge is 2.58. The highest BCUT2D eigenvalue weighted by atomic mass is 35.5. The van der Waals surface area contributed by atoms with Crippen LogP contribution in [0.25, 0.3) is 10.1 Å². The largest absolute Gasteiger partial charge is 0.333 e. The first kappa shape index (κ1) is 23.8. The SMILES string of the molecule is CC12CCCCC1(C)N(c1ccccc1)c1c2ccc(N(c2ccccc2)c2csc3ccccc23)c1Cl. The average molecular weight is 535 g/mol. The van der Waals surface area contributed by atoms with E-state index in [1.165, 1.54) is 46.3 Å². The Kier molecular flexibility index (Phi) is 5.58. The van der Waals surface area contributed by atoms with Gasteiger partial charge in [0.15, 0.2) is 0 Å². The van der Waals surface area contributed by atoms with Crippen LogP contribution in [-0.2, 0) is 5.41 Å². The summed E-state index contributed by atoms with van der Waals surface area (Å²) in [7, 11) is 0. The van der Waals surface area contributed by atoms with Gasteiger partial charge in [-0.15, -0.1) is 11.3 Å². The predicted molar refractivity (Wildman–Crippen MR) is 164 cm³/mol. The van der Waals surface area contributed by atoms with Crippen molar-refractivity contribution in [2.24, 2.45) is 0 Å². The van der Waals surface area contributed by atoms with E-state index in [9.17, 15) is 0 Å². The van der Waals surface area contributed by atoms with Crippen molar-refractivity contribution in [3.05, 3.63) is 113 Å². The van der Waals surface area contributed by atoms with Crippen molar-refractivity contribution >= 4 is 61.5 Å². The van der Waals surface area contributed by atoms with Crippen LogP contribution in [0.5, 0.6) is 0 Å². The van der Waals surface area contributed by atoms with Gasteiger partial charge in [0.2, 0.25) is 0 Å². The topological polar surface area (TPSA) is 6.48 Å². The summed E-state index contributed by atoms with van der Waals surface area (Å²) in [5, 5.41) is 4.33. The first-order valence-electron chi connectivity index (χ1n) is 13.5. The molecule has 2 unspecified atom stereocenters. The quantitative estimate of drug-likeness (QED) is 0.226. The van der Waals surface area contributed by atoms with E-state index in [1.807, 2.05) is 0 Å². The second-order valence-electron chi connectivity index (χ2n) is 11.1. The van der Waals surface area contributed by atoms with Gasteiger partial charge in [0.1, 0.15) is 0 Å². The fourth-order valence-corrected chi connectivity index (χ4v) is 8.29. The van der Waals surface area contributed by atoms with Crippen LogP contribution in [0.2, 0.25) is 5.02 Å². The van der Waals surface area contributed by atoms with Crippen LogP contribution in [0.15, 0.2) is 102 Å². The van der Waals surface area contributed by atoms with Crippen molar-refractivity contribution in [2.75, 3.05) is 9.80 Å². The van der Waals surface area contributed by atoms with Gasteiger partial charge in [-0.2, -0.15) is 0 Å². The maximum absolute atomic E-state index is 7.62. The van der Waals surface area contributed by atoms with E-state index in [-0.39, 0.29) is 11.0 Å². The Morgan fingerprint density at radius 3 is 2.24 bits per heavy atom. The lowest BCUT2D eigenvalue weighted by molar-refractivity contribution is 0.195. The molecule has 1 saturated carbocycles. The zero-order valence-corrected chi connectivity index (χ0v) is 23.4. The summed E-state index contributed by atoms with van der Waals surface area (Å²) >= 11 is 9.40. The van der Waals surface area contributed by atoms with E-state index in [1.54, 1.807) is 11.3 Å². The molecule has 2 heterocycles. The molecule has 4 heteroatoms. The first-order chi connectivity index (χ1) is 18.5. The molecule has 0 radical (unpaired) electrons. The van der Waals surface area contributed by atoms with Crippen LogP contribution in [0.4, 0.5) is 28.4 Å². The molecule has 1 aliphatic carbocycles. The van der Waals surface area contributed by atoms with Crippen LogP contribution >= 0.6 is 22.9 Å². The third kappa shape index (κ3) is 3.31. The molecule has 0 saturated heterocycles. The minimum absolute atomic E-state index is 0.0330. The second-order valence-corrected chi connectivity index (χ2v) is 12.4. The number of benzene rings is 4. The number of thiophene rings is 1. The van der Waals surface area contributed by atoms with E-state index < -0.39 is 0 Å². The van der Waals surface area contributed by atoms with Gasteiger partial charge in [-0.1, -0.05) is 92.0 Å². The minimum Gasteiger partial charge on any atom is -0.333 e. The highest BCUT2D eigenvalue weighted by molar-refractivity contribution is 7.17. The number of nitrogens with zero attached hydrogens (tertiary/aromatic N) is 2. The predicted octanol–water partition coefficient (Wildman–Crippen LogP) is 10.8. The molecule has 7 rings (SSSR count). The Morgan fingerprint density at radius 2 is 1.45 bits per heavy atom. The molecule has 2 atom stereocenters. The van der Waals surface area contributed by atoms with E-state index in [0.717, 1.165) is 28.5 Å². The monoisotopic (exact) mass is 534 g/mol. The van der Waals surface area contributed by atoms with E-state index in [2.05, 4.69) is 126 Å². The summed E-state index contributed by atoms with van der Waals surface area (Å²) in [6.07, 6.45) is 4.82. The fraction of sp³-hybridized carbons (Fsp3) is 0.235. The van der Waals surface area contributed by atoms with E-state index in [4.69, 9.17) is 11.6 Å². The van der Waals surface area contributed by atoms with Crippen molar-refractivity contribution in [1.29, 1.82) is 0 Å². The molecule has 1 aromatic heterocycles. The molecule has 1 aliphatic heterocycles. The summed E-state index contributed by atoms with van der Waals surface area (Å²) in [6, 6.07) is 34.7. The van der Waals surface area contributed by atoms with Gasteiger partial charge in [-0.05, 0) is 61.7 Å². The molecule has 0 N–H and O–H groups in total. The normalized spacial score (nSPS) is 22.3.